The maximum atomic E-state index is 12.2. The highest BCUT2D eigenvalue weighted by Gasteiger charge is 2.24. The van der Waals surface area contributed by atoms with Gasteiger partial charge >= 0.3 is 5.97 Å². The van der Waals surface area contributed by atoms with Crippen molar-refractivity contribution in [1.82, 2.24) is 30.0 Å². The molecule has 0 aliphatic carbocycles. The van der Waals surface area contributed by atoms with E-state index in [4.69, 9.17) is 5.11 Å². The van der Waals surface area contributed by atoms with Gasteiger partial charge in [-0.2, -0.15) is 5.10 Å². The van der Waals surface area contributed by atoms with Crippen LogP contribution in [-0.2, 0) is 13.0 Å². The topological polar surface area (TPSA) is 123 Å². The average Bonchev–Trinajstić information content (AvgIpc) is 2.98. The zero-order valence-corrected chi connectivity index (χ0v) is 13.4. The minimum Gasteiger partial charge on any atom is -0.476 e. The molecular formula is C15H18N6O3. The molecule has 24 heavy (non-hydrogen) atoms. The smallest absolute Gasteiger partial charge is 0.356 e. The summed E-state index contributed by atoms with van der Waals surface area (Å²) >= 11 is 0. The summed E-state index contributed by atoms with van der Waals surface area (Å²) in [4.78, 5) is 35.0. The first kappa shape index (κ1) is 16.0. The fourth-order valence-electron chi connectivity index (χ4n) is 2.51. The zero-order chi connectivity index (χ0) is 17.3. The summed E-state index contributed by atoms with van der Waals surface area (Å²) in [5.41, 5.74) is -0.107. The van der Waals surface area contributed by atoms with E-state index in [2.05, 4.69) is 25.4 Å². The highest BCUT2D eigenvalue weighted by atomic mass is 16.4. The summed E-state index contributed by atoms with van der Waals surface area (Å²) in [6.45, 7) is 4.64. The second-order valence-electron chi connectivity index (χ2n) is 6.02. The first-order valence-corrected chi connectivity index (χ1v) is 7.74. The van der Waals surface area contributed by atoms with Crippen molar-refractivity contribution in [3.63, 3.8) is 0 Å². The fourth-order valence-corrected chi connectivity index (χ4v) is 2.51. The third-order valence-corrected chi connectivity index (χ3v) is 3.83. The number of carbonyl (C=O) groups is 2. The van der Waals surface area contributed by atoms with Crippen molar-refractivity contribution in [1.29, 1.82) is 0 Å². The van der Waals surface area contributed by atoms with E-state index in [1.165, 1.54) is 6.20 Å². The molecule has 9 nitrogen and oxygen atoms in total. The van der Waals surface area contributed by atoms with E-state index >= 15 is 0 Å². The molecule has 1 amide bonds. The van der Waals surface area contributed by atoms with Crippen molar-refractivity contribution in [3.05, 3.63) is 35.4 Å². The number of carbonyl (C=O) groups excluding carboxylic acids is 1. The maximum Gasteiger partial charge on any atom is 0.356 e. The minimum absolute atomic E-state index is 0.0762. The lowest BCUT2D eigenvalue weighted by molar-refractivity contribution is 0.0688. The number of aromatic carboxylic acids is 1. The number of amides is 1. The molecule has 2 aromatic heterocycles. The molecule has 3 rings (SSSR count). The number of hydrogen-bond donors (Lipinski definition) is 2. The molecule has 0 saturated carbocycles. The molecule has 0 fully saturated rings. The van der Waals surface area contributed by atoms with Crippen molar-refractivity contribution in [2.45, 2.75) is 45.2 Å². The van der Waals surface area contributed by atoms with E-state index in [0.29, 0.717) is 6.54 Å². The first-order chi connectivity index (χ1) is 11.4. The Morgan fingerprint density at radius 2 is 2.00 bits per heavy atom. The number of nitrogens with zero attached hydrogens (tertiary/aromatic N) is 5. The molecular weight excluding hydrogens is 312 g/mol. The molecule has 2 aromatic rings. The van der Waals surface area contributed by atoms with Crippen molar-refractivity contribution < 1.29 is 14.7 Å². The summed E-state index contributed by atoms with van der Waals surface area (Å²) in [7, 11) is 0. The fraction of sp³-hybridized carbons (Fsp3) is 0.467. The number of hydrogen-bond acceptors (Lipinski definition) is 6. The van der Waals surface area contributed by atoms with Crippen LogP contribution < -0.4 is 5.32 Å². The molecule has 1 aliphatic heterocycles. The zero-order valence-electron chi connectivity index (χ0n) is 13.4. The molecule has 1 unspecified atom stereocenters. The van der Waals surface area contributed by atoms with Gasteiger partial charge in [-0.05, 0) is 6.42 Å². The number of aromatic nitrogens is 5. The van der Waals surface area contributed by atoms with E-state index in [1.54, 1.807) is 0 Å². The molecule has 2 N–H and O–H groups in total. The van der Waals surface area contributed by atoms with Crippen molar-refractivity contribution >= 4 is 11.9 Å². The predicted molar refractivity (Wildman–Crippen MR) is 82.7 cm³/mol. The Labute approximate surface area is 138 Å². The van der Waals surface area contributed by atoms with Gasteiger partial charge in [-0.25, -0.2) is 24.4 Å². The third-order valence-electron chi connectivity index (χ3n) is 3.83. The van der Waals surface area contributed by atoms with Crippen LogP contribution in [0.1, 0.15) is 58.8 Å². The van der Waals surface area contributed by atoms with Crippen LogP contribution in [0, 0.1) is 0 Å². The standard InChI is InChI=1S/C15H18N6O3/c1-8(2)13-19-12-4-3-9(7-21(12)20-13)18-14(22)10-5-17-11(6-16-10)15(23)24/h5-6,8-9H,3-4,7H2,1-2H3,(H,18,22)(H,23,24). The molecule has 3 heterocycles. The Morgan fingerprint density at radius 3 is 2.62 bits per heavy atom. The third kappa shape index (κ3) is 3.24. The van der Waals surface area contributed by atoms with Crippen LogP contribution in [0.25, 0.3) is 0 Å². The highest BCUT2D eigenvalue weighted by Crippen LogP contribution is 2.17. The van der Waals surface area contributed by atoms with Gasteiger partial charge in [0.1, 0.15) is 11.5 Å². The molecule has 1 aliphatic rings. The lowest BCUT2D eigenvalue weighted by Crippen LogP contribution is -2.41. The van der Waals surface area contributed by atoms with Gasteiger partial charge in [-0.1, -0.05) is 13.8 Å². The van der Waals surface area contributed by atoms with Crippen molar-refractivity contribution in [2.75, 3.05) is 0 Å². The van der Waals surface area contributed by atoms with Gasteiger partial charge in [0.25, 0.3) is 5.91 Å². The van der Waals surface area contributed by atoms with Gasteiger partial charge in [0.15, 0.2) is 11.5 Å². The number of carboxylic acid groups (broad SMARTS) is 1. The van der Waals surface area contributed by atoms with E-state index in [1.807, 2.05) is 18.5 Å². The van der Waals surface area contributed by atoms with Crippen molar-refractivity contribution in [2.24, 2.45) is 0 Å². The Kier molecular flexibility index (Phi) is 4.24. The molecule has 0 saturated heterocycles. The number of aryl methyl sites for hydroxylation is 1. The van der Waals surface area contributed by atoms with E-state index < -0.39 is 5.97 Å². The predicted octanol–water partition coefficient (Wildman–Crippen LogP) is 0.634. The average molecular weight is 330 g/mol. The largest absolute Gasteiger partial charge is 0.476 e. The van der Waals surface area contributed by atoms with Crippen LogP contribution in [0.15, 0.2) is 12.4 Å². The van der Waals surface area contributed by atoms with Crippen LogP contribution in [0.3, 0.4) is 0 Å². The number of carboxylic acids is 1. The molecule has 0 radical (unpaired) electrons. The lowest BCUT2D eigenvalue weighted by atomic mass is 10.1. The van der Waals surface area contributed by atoms with Gasteiger partial charge in [-0.3, -0.25) is 4.79 Å². The van der Waals surface area contributed by atoms with Crippen LogP contribution in [-0.4, -0.2) is 47.8 Å². The molecule has 1 atom stereocenters. The highest BCUT2D eigenvalue weighted by molar-refractivity contribution is 5.92. The molecule has 0 aromatic carbocycles. The summed E-state index contributed by atoms with van der Waals surface area (Å²) in [6, 6.07) is -0.0762. The van der Waals surface area contributed by atoms with Crippen LogP contribution >= 0.6 is 0 Å². The van der Waals surface area contributed by atoms with E-state index in [9.17, 15) is 9.59 Å². The van der Waals surface area contributed by atoms with Crippen LogP contribution in [0.2, 0.25) is 0 Å². The number of fused-ring (bicyclic) bond motifs is 1. The molecule has 0 bridgehead atoms. The van der Waals surface area contributed by atoms with Crippen LogP contribution in [0.5, 0.6) is 0 Å². The Hall–Kier alpha value is -2.84. The summed E-state index contributed by atoms with van der Waals surface area (Å²) in [5, 5.41) is 16.1. The number of nitrogens with one attached hydrogen (secondary N) is 1. The quantitative estimate of drug-likeness (QED) is 0.843. The Balaban J connectivity index is 1.65. The SMILES string of the molecule is CC(C)c1nc2n(n1)CC(NC(=O)c1cnc(C(=O)O)cn1)CC2. The molecule has 0 spiro atoms. The second kappa shape index (κ2) is 6.34. The first-order valence-electron chi connectivity index (χ1n) is 7.74. The van der Waals surface area contributed by atoms with Gasteiger partial charge in [-0.15, -0.1) is 0 Å². The molecule has 126 valence electrons. The molecule has 9 heteroatoms. The monoisotopic (exact) mass is 330 g/mol. The summed E-state index contributed by atoms with van der Waals surface area (Å²) in [6.07, 6.45) is 3.75. The van der Waals surface area contributed by atoms with Gasteiger partial charge in [0.05, 0.1) is 18.9 Å². The Bertz CT molecular complexity index is 768. The summed E-state index contributed by atoms with van der Waals surface area (Å²) < 4.78 is 1.84. The van der Waals surface area contributed by atoms with Crippen LogP contribution in [0.4, 0.5) is 0 Å². The number of rotatable bonds is 4. The van der Waals surface area contributed by atoms with Crippen molar-refractivity contribution in [3.8, 4) is 0 Å². The minimum atomic E-state index is -1.18. The normalized spacial score (nSPS) is 16.7. The summed E-state index contributed by atoms with van der Waals surface area (Å²) in [5.74, 6) is 0.458. The Morgan fingerprint density at radius 1 is 1.29 bits per heavy atom. The van der Waals surface area contributed by atoms with Gasteiger partial charge < -0.3 is 10.4 Å². The van der Waals surface area contributed by atoms with E-state index in [-0.39, 0.29) is 29.3 Å². The lowest BCUT2D eigenvalue weighted by Gasteiger charge is -2.23. The second-order valence-corrected chi connectivity index (χ2v) is 6.02. The van der Waals surface area contributed by atoms with Gasteiger partial charge in [0, 0.05) is 18.4 Å². The van der Waals surface area contributed by atoms with Gasteiger partial charge in [0.2, 0.25) is 0 Å². The van der Waals surface area contributed by atoms with E-state index in [0.717, 1.165) is 30.7 Å². The maximum absolute atomic E-state index is 12.2.